The van der Waals surface area contributed by atoms with Gasteiger partial charge in [0.25, 0.3) is 17.6 Å². The minimum atomic E-state index is -0.773. The number of hydrogen-bond donors (Lipinski definition) is 0. The Kier molecular flexibility index (Phi) is 7.87. The van der Waals surface area contributed by atoms with Crippen molar-refractivity contribution in [3.05, 3.63) is 65.1 Å². The van der Waals surface area contributed by atoms with Crippen molar-refractivity contribution in [1.29, 1.82) is 0 Å². The summed E-state index contributed by atoms with van der Waals surface area (Å²) in [4.78, 5) is 56.9. The number of aromatic nitrogens is 1. The van der Waals surface area contributed by atoms with Crippen LogP contribution in [0.5, 0.6) is 5.75 Å². The van der Waals surface area contributed by atoms with Crippen LogP contribution in [0.15, 0.2) is 42.6 Å². The Morgan fingerprint density at radius 3 is 2.26 bits per heavy atom. The van der Waals surface area contributed by atoms with Crippen molar-refractivity contribution in [2.24, 2.45) is 0 Å². The molecule has 10 heteroatoms. The van der Waals surface area contributed by atoms with E-state index in [1.165, 1.54) is 62.0 Å². The molecule has 1 saturated heterocycles. The Balaban J connectivity index is 1.68. The zero-order valence-electron chi connectivity index (χ0n) is 23.0. The summed E-state index contributed by atoms with van der Waals surface area (Å²) in [7, 11) is 4.38. The molecule has 3 aromatic rings. The van der Waals surface area contributed by atoms with Gasteiger partial charge in [0.05, 0.1) is 23.8 Å². The number of nitrogens with zero attached hydrogens (tertiary/aromatic N) is 4. The molecule has 0 saturated carbocycles. The van der Waals surface area contributed by atoms with E-state index in [9.17, 15) is 23.6 Å². The van der Waals surface area contributed by atoms with Crippen LogP contribution >= 0.6 is 0 Å². The highest BCUT2D eigenvalue weighted by molar-refractivity contribution is 6.45. The van der Waals surface area contributed by atoms with Crippen LogP contribution in [0.25, 0.3) is 10.9 Å². The van der Waals surface area contributed by atoms with E-state index in [1.807, 2.05) is 13.8 Å². The Bertz CT molecular complexity index is 1450. The van der Waals surface area contributed by atoms with E-state index < -0.39 is 11.7 Å². The summed E-state index contributed by atoms with van der Waals surface area (Å²) in [5.74, 6) is -2.15. The number of amides is 2. The first-order valence-corrected chi connectivity index (χ1v) is 12.7. The van der Waals surface area contributed by atoms with Crippen molar-refractivity contribution >= 4 is 34.4 Å². The second-order valence-electron chi connectivity index (χ2n) is 10.2. The fourth-order valence-electron chi connectivity index (χ4n) is 5.03. The Labute approximate surface area is 226 Å². The molecule has 4 rings (SSSR count). The number of likely N-dealkylation sites (N-methyl/N-ethyl adjacent to an activating group) is 1. The number of ether oxygens (including phenoxy) is 1. The molecule has 1 aliphatic heterocycles. The molecule has 1 aromatic heterocycles. The highest BCUT2D eigenvalue weighted by Gasteiger charge is 2.34. The van der Waals surface area contributed by atoms with Gasteiger partial charge in [-0.25, -0.2) is 4.39 Å². The molecular weight excluding hydrogens is 503 g/mol. The molecule has 1 aliphatic rings. The predicted octanol–water partition coefficient (Wildman–Crippen LogP) is 3.46. The molecule has 206 valence electrons. The SMILES string of the molecule is COc1cc2c(cc1C(=O)N1C[C@H](C)N(Cc3ccc(F)cc3)C[C@H]1C)c(C(=O)C(=O)N(C)C)cn2C(C)=O. The summed E-state index contributed by atoms with van der Waals surface area (Å²) in [5, 5.41) is 0.324. The molecule has 0 bridgehead atoms. The lowest BCUT2D eigenvalue weighted by Crippen LogP contribution is -2.57. The normalized spacial score (nSPS) is 17.8. The molecule has 0 unspecified atom stereocenters. The van der Waals surface area contributed by atoms with Gasteiger partial charge in [0.2, 0.25) is 5.91 Å². The van der Waals surface area contributed by atoms with Crippen molar-refractivity contribution in [3.8, 4) is 5.75 Å². The summed E-state index contributed by atoms with van der Waals surface area (Å²) >= 11 is 0. The van der Waals surface area contributed by atoms with Gasteiger partial charge >= 0.3 is 0 Å². The monoisotopic (exact) mass is 536 g/mol. The van der Waals surface area contributed by atoms with Crippen LogP contribution in [-0.4, -0.2) is 89.1 Å². The van der Waals surface area contributed by atoms with Gasteiger partial charge in [-0.05, 0) is 37.6 Å². The Morgan fingerprint density at radius 1 is 1.00 bits per heavy atom. The van der Waals surface area contributed by atoms with Gasteiger partial charge in [-0.3, -0.25) is 28.6 Å². The molecule has 0 N–H and O–H groups in total. The molecule has 9 nitrogen and oxygen atoms in total. The topological polar surface area (TPSA) is 92.2 Å². The number of halogens is 1. The lowest BCUT2D eigenvalue weighted by atomic mass is 10.0. The number of hydrogen-bond acceptors (Lipinski definition) is 6. The number of benzene rings is 2. The quantitative estimate of drug-likeness (QED) is 0.354. The second-order valence-corrected chi connectivity index (χ2v) is 10.2. The van der Waals surface area contributed by atoms with E-state index in [4.69, 9.17) is 4.74 Å². The largest absolute Gasteiger partial charge is 0.496 e. The van der Waals surface area contributed by atoms with Gasteiger partial charge in [-0.2, -0.15) is 0 Å². The van der Waals surface area contributed by atoms with Gasteiger partial charge in [0, 0.05) is 70.4 Å². The highest BCUT2D eigenvalue weighted by Crippen LogP contribution is 2.32. The van der Waals surface area contributed by atoms with Gasteiger partial charge < -0.3 is 14.5 Å². The fourth-order valence-corrected chi connectivity index (χ4v) is 5.03. The minimum Gasteiger partial charge on any atom is -0.496 e. The first-order valence-electron chi connectivity index (χ1n) is 12.7. The third-order valence-electron chi connectivity index (χ3n) is 7.22. The zero-order valence-corrected chi connectivity index (χ0v) is 23.0. The van der Waals surface area contributed by atoms with Crippen molar-refractivity contribution in [3.63, 3.8) is 0 Å². The minimum absolute atomic E-state index is 0.0265. The van der Waals surface area contributed by atoms with E-state index in [2.05, 4.69) is 4.90 Å². The number of Topliss-reactive ketones (excluding diaryl/α,β-unsaturated/α-hetero) is 1. The molecule has 0 spiro atoms. The average Bonchev–Trinajstić information content (AvgIpc) is 3.28. The Morgan fingerprint density at radius 2 is 1.67 bits per heavy atom. The molecule has 0 aliphatic carbocycles. The van der Waals surface area contributed by atoms with Crippen molar-refractivity contribution in [2.45, 2.75) is 39.4 Å². The lowest BCUT2D eigenvalue weighted by Gasteiger charge is -2.44. The van der Waals surface area contributed by atoms with Crippen molar-refractivity contribution in [2.75, 3.05) is 34.3 Å². The van der Waals surface area contributed by atoms with Crippen LogP contribution in [-0.2, 0) is 11.3 Å². The molecular formula is C29H33FN4O5. The lowest BCUT2D eigenvalue weighted by molar-refractivity contribution is -0.124. The maximum Gasteiger partial charge on any atom is 0.294 e. The molecule has 2 aromatic carbocycles. The third-order valence-corrected chi connectivity index (χ3v) is 7.22. The maximum atomic E-state index is 13.9. The number of carbonyl (C=O) groups is 4. The standard InChI is InChI=1S/C29H33FN4O5/c1-17-14-33(18(2)13-32(17)15-20-7-9-21(30)10-8-20)28(37)23-11-22-24(27(36)29(38)31(4)5)16-34(19(3)35)25(22)12-26(23)39-6/h7-12,16-18H,13-15H2,1-6H3/t17-,18+/m0/s1. The summed E-state index contributed by atoms with van der Waals surface area (Å²) in [6.45, 7) is 7.03. The summed E-state index contributed by atoms with van der Waals surface area (Å²) in [6.07, 6.45) is 1.34. The molecule has 39 heavy (non-hydrogen) atoms. The van der Waals surface area contributed by atoms with Crippen LogP contribution in [0.3, 0.4) is 0 Å². The Hall–Kier alpha value is -4.05. The molecule has 1 fully saturated rings. The van der Waals surface area contributed by atoms with Crippen LogP contribution in [0.4, 0.5) is 4.39 Å². The summed E-state index contributed by atoms with van der Waals surface area (Å²) in [6, 6.07) is 9.38. The number of rotatable bonds is 6. The number of methoxy groups -OCH3 is 1. The second kappa shape index (κ2) is 11.0. The summed E-state index contributed by atoms with van der Waals surface area (Å²) < 4.78 is 20.2. The highest BCUT2D eigenvalue weighted by atomic mass is 19.1. The molecule has 2 atom stereocenters. The van der Waals surface area contributed by atoms with Gasteiger partial charge in [0.1, 0.15) is 11.6 Å². The third kappa shape index (κ3) is 5.42. The number of piperazine rings is 1. The van der Waals surface area contributed by atoms with Crippen molar-refractivity contribution in [1.82, 2.24) is 19.3 Å². The van der Waals surface area contributed by atoms with Crippen LogP contribution in [0.2, 0.25) is 0 Å². The van der Waals surface area contributed by atoms with Gasteiger partial charge in [-0.1, -0.05) is 12.1 Å². The van der Waals surface area contributed by atoms with Crippen LogP contribution < -0.4 is 4.74 Å². The smallest absolute Gasteiger partial charge is 0.294 e. The van der Waals surface area contributed by atoms with E-state index in [0.717, 1.165) is 5.56 Å². The van der Waals surface area contributed by atoms with Crippen molar-refractivity contribution < 1.29 is 28.3 Å². The van der Waals surface area contributed by atoms with E-state index in [-0.39, 0.29) is 46.6 Å². The maximum absolute atomic E-state index is 13.9. The van der Waals surface area contributed by atoms with E-state index in [1.54, 1.807) is 23.1 Å². The first-order chi connectivity index (χ1) is 18.4. The van der Waals surface area contributed by atoms with Crippen LogP contribution in [0.1, 0.15) is 51.8 Å². The number of fused-ring (bicyclic) bond motifs is 1. The fraction of sp³-hybridized carbons (Fsp3) is 0.379. The molecule has 2 amide bonds. The number of ketones is 1. The first kappa shape index (κ1) is 28.0. The van der Waals surface area contributed by atoms with Gasteiger partial charge in [0.15, 0.2) is 0 Å². The molecule has 0 radical (unpaired) electrons. The zero-order chi connectivity index (χ0) is 28.6. The van der Waals surface area contributed by atoms with Gasteiger partial charge in [-0.15, -0.1) is 0 Å². The van der Waals surface area contributed by atoms with Crippen LogP contribution in [0, 0.1) is 5.82 Å². The summed E-state index contributed by atoms with van der Waals surface area (Å²) in [5.41, 5.74) is 1.64. The number of carbonyl (C=O) groups excluding carboxylic acids is 4. The predicted molar refractivity (Wildman–Crippen MR) is 145 cm³/mol. The molecule has 2 heterocycles. The van der Waals surface area contributed by atoms with E-state index in [0.29, 0.717) is 30.5 Å². The van der Waals surface area contributed by atoms with E-state index >= 15 is 0 Å². The average molecular weight is 537 g/mol.